The molecule has 0 fully saturated rings. The summed E-state index contributed by atoms with van der Waals surface area (Å²) in [5, 5.41) is 3.73. The molecule has 0 aliphatic carbocycles. The monoisotopic (exact) mass is 305 g/mol. The van der Waals surface area contributed by atoms with E-state index in [1.165, 1.54) is 0 Å². The Balaban J connectivity index is 2.42. The zero-order valence-electron chi connectivity index (χ0n) is 11.4. The number of benzene rings is 1. The molecular weight excluding hydrogens is 290 g/mol. The number of nitrogens with two attached hydrogens (primary N) is 1. The van der Waals surface area contributed by atoms with Gasteiger partial charge in [-0.15, -0.1) is 0 Å². The maximum absolute atomic E-state index is 11.5. The minimum absolute atomic E-state index is 0.133. The van der Waals surface area contributed by atoms with Crippen molar-refractivity contribution in [2.45, 2.75) is 0 Å². The van der Waals surface area contributed by atoms with E-state index in [4.69, 9.17) is 5.73 Å². The van der Waals surface area contributed by atoms with Crippen molar-refractivity contribution in [2.75, 3.05) is 22.8 Å². The second-order valence-corrected chi connectivity index (χ2v) is 5.77. The first-order valence-corrected chi connectivity index (χ1v) is 7.56. The molecule has 7 nitrogen and oxygen atoms in total. The fraction of sp³-hybridized carbons (Fsp3) is 0.0769. The van der Waals surface area contributed by atoms with Crippen LogP contribution in [0.15, 0.2) is 42.3 Å². The topological polar surface area (TPSA) is 110 Å². The van der Waals surface area contributed by atoms with Crippen molar-refractivity contribution in [2.24, 2.45) is 0 Å². The fourth-order valence-corrected chi connectivity index (χ4v) is 2.23. The lowest BCUT2D eigenvalue weighted by atomic mass is 10.1. The second-order valence-electron chi connectivity index (χ2n) is 4.14. The van der Waals surface area contributed by atoms with Crippen LogP contribution in [0.5, 0.6) is 0 Å². The van der Waals surface area contributed by atoms with Crippen molar-refractivity contribution < 1.29 is 8.42 Å². The van der Waals surface area contributed by atoms with Crippen LogP contribution in [0.25, 0.3) is 11.3 Å². The van der Waals surface area contributed by atoms with Gasteiger partial charge < -0.3 is 11.1 Å². The Morgan fingerprint density at radius 1 is 1.29 bits per heavy atom. The van der Waals surface area contributed by atoms with Crippen LogP contribution in [-0.4, -0.2) is 25.4 Å². The third kappa shape index (κ3) is 3.69. The highest BCUT2D eigenvalue weighted by atomic mass is 32.2. The van der Waals surface area contributed by atoms with Gasteiger partial charge in [-0.2, -0.15) is 4.98 Å². The average Bonchev–Trinajstić information content (AvgIpc) is 2.46. The summed E-state index contributed by atoms with van der Waals surface area (Å²) in [6, 6.07) is 8.52. The summed E-state index contributed by atoms with van der Waals surface area (Å²) in [6.07, 6.45) is 0. The first-order valence-electron chi connectivity index (χ1n) is 6.01. The first kappa shape index (κ1) is 14.8. The molecule has 0 aliphatic rings. The number of aromatic nitrogens is 2. The third-order valence-electron chi connectivity index (χ3n) is 2.64. The van der Waals surface area contributed by atoms with Gasteiger partial charge in [-0.25, -0.2) is 13.4 Å². The quantitative estimate of drug-likeness (QED) is 0.775. The van der Waals surface area contributed by atoms with Gasteiger partial charge in [-0.05, 0) is 12.1 Å². The lowest BCUT2D eigenvalue weighted by molar-refractivity contribution is 0.609. The minimum Gasteiger partial charge on any atom is -0.373 e. The molecule has 1 aromatic carbocycles. The number of sulfonamides is 1. The fourth-order valence-electron chi connectivity index (χ4n) is 1.69. The summed E-state index contributed by atoms with van der Waals surface area (Å²) >= 11 is 0. The number of anilines is 3. The number of hydrogen-bond acceptors (Lipinski definition) is 6. The highest BCUT2D eigenvalue weighted by Gasteiger charge is 2.08. The van der Waals surface area contributed by atoms with Gasteiger partial charge in [-0.3, -0.25) is 4.72 Å². The van der Waals surface area contributed by atoms with Crippen LogP contribution in [0.1, 0.15) is 0 Å². The summed E-state index contributed by atoms with van der Waals surface area (Å²) in [5.74, 6) is 0.712. The molecule has 0 saturated heterocycles. The van der Waals surface area contributed by atoms with Crippen molar-refractivity contribution >= 4 is 27.5 Å². The van der Waals surface area contributed by atoms with E-state index < -0.39 is 10.0 Å². The second kappa shape index (κ2) is 5.80. The number of nitrogens with zero attached hydrogens (tertiary/aromatic N) is 2. The Hall–Kier alpha value is -2.61. The molecule has 1 heterocycles. The Labute approximate surface area is 123 Å². The van der Waals surface area contributed by atoms with Crippen LogP contribution >= 0.6 is 0 Å². The molecule has 0 unspecified atom stereocenters. The minimum atomic E-state index is -3.55. The first-order chi connectivity index (χ1) is 9.93. The van der Waals surface area contributed by atoms with Crippen LogP contribution < -0.4 is 15.8 Å². The molecule has 0 bridgehead atoms. The summed E-state index contributed by atoms with van der Waals surface area (Å²) in [5.41, 5.74) is 7.36. The molecule has 0 amide bonds. The lowest BCUT2D eigenvalue weighted by Gasteiger charge is -2.08. The molecule has 0 radical (unpaired) electrons. The van der Waals surface area contributed by atoms with Crippen molar-refractivity contribution in [1.29, 1.82) is 0 Å². The standard InChI is InChI=1S/C13H15N5O2S/c1-3-21(19,20)18-10-6-4-5-9(7-10)11-8-12(15-2)17-13(14)16-11/h3-8,18H,1H2,2H3,(H3,14,15,16,17). The Bertz CT molecular complexity index is 774. The van der Waals surface area contributed by atoms with Gasteiger partial charge in [0.1, 0.15) is 5.82 Å². The molecule has 2 aromatic rings. The van der Waals surface area contributed by atoms with E-state index in [0.29, 0.717) is 22.8 Å². The van der Waals surface area contributed by atoms with E-state index in [2.05, 4.69) is 26.6 Å². The number of nitrogen functional groups attached to an aromatic ring is 1. The molecule has 0 aliphatic heterocycles. The molecule has 0 atom stereocenters. The van der Waals surface area contributed by atoms with Crippen LogP contribution in [-0.2, 0) is 10.0 Å². The smallest absolute Gasteiger partial charge is 0.254 e. The molecular formula is C13H15N5O2S. The molecule has 8 heteroatoms. The van der Waals surface area contributed by atoms with Gasteiger partial charge in [0, 0.05) is 29.8 Å². The van der Waals surface area contributed by atoms with E-state index in [1.807, 2.05) is 0 Å². The van der Waals surface area contributed by atoms with Gasteiger partial charge in [0.2, 0.25) is 5.95 Å². The Morgan fingerprint density at radius 2 is 2.05 bits per heavy atom. The van der Waals surface area contributed by atoms with Crippen molar-refractivity contribution in [3.8, 4) is 11.3 Å². The molecule has 110 valence electrons. The maximum Gasteiger partial charge on any atom is 0.254 e. The highest BCUT2D eigenvalue weighted by Crippen LogP contribution is 2.24. The number of nitrogens with one attached hydrogen (secondary N) is 2. The van der Waals surface area contributed by atoms with E-state index in [-0.39, 0.29) is 5.95 Å². The van der Waals surface area contributed by atoms with Crippen LogP contribution in [0, 0.1) is 0 Å². The van der Waals surface area contributed by atoms with Crippen LogP contribution in [0.2, 0.25) is 0 Å². The summed E-state index contributed by atoms with van der Waals surface area (Å²) in [4.78, 5) is 8.14. The molecule has 0 saturated carbocycles. The van der Waals surface area contributed by atoms with E-state index in [0.717, 1.165) is 5.41 Å². The predicted octanol–water partition coefficient (Wildman–Crippen LogP) is 1.65. The SMILES string of the molecule is C=CS(=O)(=O)Nc1cccc(-c2cc(NC)nc(N)n2)c1. The lowest BCUT2D eigenvalue weighted by Crippen LogP contribution is -2.08. The summed E-state index contributed by atoms with van der Waals surface area (Å²) in [7, 11) is -1.83. The Kier molecular flexibility index (Phi) is 4.08. The van der Waals surface area contributed by atoms with E-state index in [1.54, 1.807) is 37.4 Å². The van der Waals surface area contributed by atoms with Gasteiger partial charge >= 0.3 is 0 Å². The number of rotatable bonds is 5. The van der Waals surface area contributed by atoms with Gasteiger partial charge in [0.15, 0.2) is 0 Å². The van der Waals surface area contributed by atoms with Crippen molar-refractivity contribution in [3.63, 3.8) is 0 Å². The summed E-state index contributed by atoms with van der Waals surface area (Å²) in [6.45, 7) is 3.25. The average molecular weight is 305 g/mol. The van der Waals surface area contributed by atoms with E-state index in [9.17, 15) is 8.42 Å². The Morgan fingerprint density at radius 3 is 2.71 bits per heavy atom. The summed E-state index contributed by atoms with van der Waals surface area (Å²) < 4.78 is 25.4. The maximum atomic E-state index is 11.5. The largest absolute Gasteiger partial charge is 0.373 e. The molecule has 1 aromatic heterocycles. The normalized spacial score (nSPS) is 10.9. The zero-order chi connectivity index (χ0) is 15.5. The van der Waals surface area contributed by atoms with Crippen LogP contribution in [0.3, 0.4) is 0 Å². The molecule has 21 heavy (non-hydrogen) atoms. The van der Waals surface area contributed by atoms with Gasteiger partial charge in [0.25, 0.3) is 10.0 Å². The highest BCUT2D eigenvalue weighted by molar-refractivity contribution is 7.95. The predicted molar refractivity (Wildman–Crippen MR) is 84.2 cm³/mol. The van der Waals surface area contributed by atoms with Crippen LogP contribution in [0.4, 0.5) is 17.5 Å². The third-order valence-corrected chi connectivity index (χ3v) is 3.60. The molecule has 4 N–H and O–H groups in total. The molecule has 0 spiro atoms. The zero-order valence-corrected chi connectivity index (χ0v) is 12.2. The molecule has 2 rings (SSSR count). The van der Waals surface area contributed by atoms with Crippen molar-refractivity contribution in [3.05, 3.63) is 42.3 Å². The number of hydrogen-bond donors (Lipinski definition) is 3. The van der Waals surface area contributed by atoms with E-state index >= 15 is 0 Å². The van der Waals surface area contributed by atoms with Crippen molar-refractivity contribution in [1.82, 2.24) is 9.97 Å². The van der Waals surface area contributed by atoms with Gasteiger partial charge in [-0.1, -0.05) is 18.7 Å². The van der Waals surface area contributed by atoms with Gasteiger partial charge in [0.05, 0.1) is 5.69 Å².